The molecule has 9 rings (SSSR count). The van der Waals surface area contributed by atoms with Crippen molar-refractivity contribution in [2.24, 2.45) is 82.9 Å². The lowest BCUT2D eigenvalue weighted by Gasteiger charge is -2.55. The van der Waals surface area contributed by atoms with Crippen LogP contribution in [-0.4, -0.2) is 45.4 Å². The summed E-state index contributed by atoms with van der Waals surface area (Å²) in [4.78, 5) is 3.19. The molecule has 9 aliphatic carbocycles. The van der Waals surface area contributed by atoms with Gasteiger partial charge in [0.2, 0.25) is 0 Å². The molecule has 0 radical (unpaired) electrons. The van der Waals surface area contributed by atoms with E-state index in [4.69, 9.17) is 0 Å². The second-order valence-electron chi connectivity index (χ2n) is 19.0. The van der Waals surface area contributed by atoms with Crippen LogP contribution >= 0.6 is 0 Å². The molecule has 9 saturated carbocycles. The molecule has 3 nitrogen and oxygen atoms in total. The molecule has 248 valence electrons. The molecular weight excluding hydrogens is 538 g/mol. The second kappa shape index (κ2) is 11.8. The summed E-state index contributed by atoms with van der Waals surface area (Å²) in [6.45, 7) is 5.24. The van der Waals surface area contributed by atoms with Crippen LogP contribution in [0, 0.1) is 82.9 Å². The van der Waals surface area contributed by atoms with E-state index in [1.807, 2.05) is 0 Å². The van der Waals surface area contributed by atoms with E-state index in [0.29, 0.717) is 17.9 Å². The van der Waals surface area contributed by atoms with Gasteiger partial charge in [0.05, 0.1) is 12.2 Å². The third-order valence-electron chi connectivity index (χ3n) is 17.6. The van der Waals surface area contributed by atoms with Crippen molar-refractivity contribution < 1.29 is 10.2 Å². The smallest absolute Gasteiger partial charge is 0.0607 e. The molecule has 9 fully saturated rings. The average molecular weight is 606 g/mol. The minimum Gasteiger partial charge on any atom is -0.393 e. The highest BCUT2D eigenvalue weighted by Crippen LogP contribution is 2.71. The number of hydrogen-bond acceptors (Lipinski definition) is 3. The SMILES string of the molecule is CC1CCC(N(C2CCC(O)CC2)C2CCC3C4C(CCCC42)C2C(C)C4C5CCCCC6CCCC(C65)C4C(O)C32)CC1. The fourth-order valence-corrected chi connectivity index (χ4v) is 16.5. The highest BCUT2D eigenvalue weighted by molar-refractivity contribution is 5.17. The third-order valence-corrected chi connectivity index (χ3v) is 17.6. The lowest BCUT2D eigenvalue weighted by Crippen LogP contribution is -2.58. The van der Waals surface area contributed by atoms with E-state index in [0.717, 1.165) is 95.9 Å². The minimum absolute atomic E-state index is 0.000411. The van der Waals surface area contributed by atoms with Crippen LogP contribution in [0.1, 0.15) is 142 Å². The minimum atomic E-state index is -0.0536. The van der Waals surface area contributed by atoms with Crippen LogP contribution in [-0.2, 0) is 0 Å². The fourth-order valence-electron chi connectivity index (χ4n) is 16.5. The zero-order valence-corrected chi connectivity index (χ0v) is 28.5. The number of rotatable bonds is 3. The lowest BCUT2D eigenvalue weighted by atomic mass is 9.57. The van der Waals surface area contributed by atoms with Gasteiger partial charge in [0.15, 0.2) is 0 Å². The monoisotopic (exact) mass is 606 g/mol. The molecule has 0 spiro atoms. The molecule has 2 N–H and O–H groups in total. The van der Waals surface area contributed by atoms with Crippen molar-refractivity contribution in [2.75, 3.05) is 0 Å². The van der Waals surface area contributed by atoms with Gasteiger partial charge >= 0.3 is 0 Å². The van der Waals surface area contributed by atoms with Crippen LogP contribution < -0.4 is 0 Å². The summed E-state index contributed by atoms with van der Waals surface area (Å²) in [6.07, 6.45) is 27.6. The maximum absolute atomic E-state index is 12.8. The van der Waals surface area contributed by atoms with E-state index in [1.54, 1.807) is 0 Å². The average Bonchev–Trinajstić information content (AvgIpc) is 3.47. The molecule has 0 saturated heterocycles. The zero-order valence-electron chi connectivity index (χ0n) is 28.5. The predicted molar refractivity (Wildman–Crippen MR) is 178 cm³/mol. The number of fused-ring (bicyclic) bond motifs is 6. The van der Waals surface area contributed by atoms with Gasteiger partial charge in [-0.25, -0.2) is 0 Å². The third kappa shape index (κ3) is 4.56. The molecule has 0 amide bonds. The Bertz CT molecular complexity index is 992. The fraction of sp³-hybridized carbons (Fsp3) is 1.00. The Hall–Kier alpha value is -0.120. The zero-order chi connectivity index (χ0) is 29.7. The van der Waals surface area contributed by atoms with Gasteiger partial charge in [0, 0.05) is 18.1 Å². The summed E-state index contributed by atoms with van der Waals surface area (Å²) in [5, 5.41) is 23.2. The maximum Gasteiger partial charge on any atom is 0.0607 e. The quantitative estimate of drug-likeness (QED) is 0.338. The Morgan fingerprint density at radius 3 is 1.68 bits per heavy atom. The van der Waals surface area contributed by atoms with Crippen molar-refractivity contribution >= 4 is 0 Å². The maximum atomic E-state index is 12.8. The summed E-state index contributed by atoms with van der Waals surface area (Å²) in [6, 6.07) is 2.26. The molecule has 3 heteroatoms. The van der Waals surface area contributed by atoms with Crippen molar-refractivity contribution in [3.8, 4) is 0 Å². The van der Waals surface area contributed by atoms with Gasteiger partial charge in [0.25, 0.3) is 0 Å². The van der Waals surface area contributed by atoms with Crippen LogP contribution in [0.15, 0.2) is 0 Å². The van der Waals surface area contributed by atoms with Gasteiger partial charge in [-0.05, 0) is 173 Å². The Morgan fingerprint density at radius 1 is 0.432 bits per heavy atom. The van der Waals surface area contributed by atoms with Gasteiger partial charge in [-0.3, -0.25) is 4.90 Å². The molecule has 15 unspecified atom stereocenters. The van der Waals surface area contributed by atoms with Gasteiger partial charge in [-0.2, -0.15) is 0 Å². The van der Waals surface area contributed by atoms with Crippen LogP contribution in [0.25, 0.3) is 0 Å². The van der Waals surface area contributed by atoms with Crippen molar-refractivity contribution in [1.82, 2.24) is 4.90 Å². The first-order valence-electron chi connectivity index (χ1n) is 20.6. The first-order chi connectivity index (χ1) is 21.5. The predicted octanol–water partition coefficient (Wildman–Crippen LogP) is 8.71. The van der Waals surface area contributed by atoms with Crippen molar-refractivity contribution in [3.05, 3.63) is 0 Å². The molecule has 9 aliphatic rings. The Balaban J connectivity index is 1.03. The topological polar surface area (TPSA) is 43.7 Å². The van der Waals surface area contributed by atoms with E-state index in [9.17, 15) is 10.2 Å². The Kier molecular flexibility index (Phi) is 8.03. The summed E-state index contributed by atoms with van der Waals surface area (Å²) < 4.78 is 0. The molecule has 0 aromatic heterocycles. The number of hydrogen-bond donors (Lipinski definition) is 2. The number of aliphatic hydroxyl groups is 2. The highest BCUT2D eigenvalue weighted by atomic mass is 16.3. The normalized spacial score (nSPS) is 58.4. The van der Waals surface area contributed by atoms with Gasteiger partial charge in [-0.1, -0.05) is 52.4 Å². The second-order valence-corrected chi connectivity index (χ2v) is 19.0. The number of nitrogens with zero attached hydrogens (tertiary/aromatic N) is 1. The van der Waals surface area contributed by atoms with Crippen LogP contribution in [0.2, 0.25) is 0 Å². The first-order valence-corrected chi connectivity index (χ1v) is 20.6. The molecule has 44 heavy (non-hydrogen) atoms. The van der Waals surface area contributed by atoms with Crippen molar-refractivity contribution in [3.63, 3.8) is 0 Å². The first kappa shape index (κ1) is 30.0. The molecule has 0 aromatic rings. The van der Waals surface area contributed by atoms with E-state index in [-0.39, 0.29) is 12.2 Å². The van der Waals surface area contributed by atoms with Gasteiger partial charge in [-0.15, -0.1) is 0 Å². The molecular formula is C41H67NO2. The van der Waals surface area contributed by atoms with Gasteiger partial charge < -0.3 is 10.2 Å². The molecule has 0 bridgehead atoms. The van der Waals surface area contributed by atoms with E-state index < -0.39 is 0 Å². The summed E-state index contributed by atoms with van der Waals surface area (Å²) in [5.74, 6) is 11.8. The highest BCUT2D eigenvalue weighted by Gasteiger charge is 2.69. The van der Waals surface area contributed by atoms with Crippen LogP contribution in [0.3, 0.4) is 0 Å². The molecule has 0 heterocycles. The van der Waals surface area contributed by atoms with E-state index in [1.165, 1.54) is 116 Å². The molecule has 15 atom stereocenters. The molecule has 0 aromatic carbocycles. The number of aliphatic hydroxyl groups excluding tert-OH is 2. The van der Waals surface area contributed by atoms with Gasteiger partial charge in [0.1, 0.15) is 0 Å². The van der Waals surface area contributed by atoms with Crippen molar-refractivity contribution in [1.29, 1.82) is 0 Å². The standard InChI is InChI=1S/C41H67NO2/c1-23-13-15-26(16-14-23)42(27-17-19-28(43)20-18-27)34-22-21-33-38-29(34)10-6-12-31(38)36-24(2)35-30-9-4-3-7-25-8-5-11-32(37(25)30)39(35)41(44)40(33)36/h23-41,43-44H,3-22H2,1-2H3. The lowest BCUT2D eigenvalue weighted by molar-refractivity contribution is -0.101. The summed E-state index contributed by atoms with van der Waals surface area (Å²) in [5.41, 5.74) is 0. The largest absolute Gasteiger partial charge is 0.393 e. The summed E-state index contributed by atoms with van der Waals surface area (Å²) >= 11 is 0. The summed E-state index contributed by atoms with van der Waals surface area (Å²) in [7, 11) is 0. The van der Waals surface area contributed by atoms with E-state index in [2.05, 4.69) is 18.7 Å². The van der Waals surface area contributed by atoms with E-state index >= 15 is 0 Å². The van der Waals surface area contributed by atoms with Crippen LogP contribution in [0.4, 0.5) is 0 Å². The Morgan fingerprint density at radius 2 is 0.955 bits per heavy atom. The van der Waals surface area contributed by atoms with Crippen LogP contribution in [0.5, 0.6) is 0 Å². The van der Waals surface area contributed by atoms with Crippen molar-refractivity contribution in [2.45, 2.75) is 173 Å². The molecule has 0 aliphatic heterocycles. The Labute approximate surface area is 270 Å².